The van der Waals surface area contributed by atoms with Crippen molar-refractivity contribution in [3.63, 3.8) is 0 Å². The highest BCUT2D eigenvalue weighted by atomic mass is 16.5. The molecule has 1 heterocycles. The SMILES string of the molecule is COC(=O)c1cc(C(=O)NCc2ccc(C(C)(C)C)cc2)n(C)n1. The Labute approximate surface area is 141 Å². The summed E-state index contributed by atoms with van der Waals surface area (Å²) in [6.07, 6.45) is 0. The number of nitrogens with zero attached hydrogens (tertiary/aromatic N) is 2. The van der Waals surface area contributed by atoms with Crippen LogP contribution in [-0.2, 0) is 23.7 Å². The van der Waals surface area contributed by atoms with Gasteiger partial charge in [-0.2, -0.15) is 5.10 Å². The maximum absolute atomic E-state index is 12.3. The van der Waals surface area contributed by atoms with Crippen molar-refractivity contribution in [1.82, 2.24) is 15.1 Å². The van der Waals surface area contributed by atoms with Gasteiger partial charge < -0.3 is 10.1 Å². The standard InChI is InChI=1S/C18H23N3O3/c1-18(2,3)13-8-6-12(7-9-13)11-19-16(22)15-10-14(17(23)24-5)20-21(15)4/h6-10H,11H2,1-5H3,(H,19,22). The normalized spacial score (nSPS) is 11.2. The monoisotopic (exact) mass is 329 g/mol. The Morgan fingerprint density at radius 2 is 1.83 bits per heavy atom. The van der Waals surface area contributed by atoms with Crippen molar-refractivity contribution >= 4 is 11.9 Å². The minimum atomic E-state index is -0.567. The Morgan fingerprint density at radius 3 is 2.38 bits per heavy atom. The van der Waals surface area contributed by atoms with Gasteiger partial charge in [-0.1, -0.05) is 45.0 Å². The van der Waals surface area contributed by atoms with Crippen LogP contribution in [0.3, 0.4) is 0 Å². The summed E-state index contributed by atoms with van der Waals surface area (Å²) < 4.78 is 5.97. The average Bonchev–Trinajstić information content (AvgIpc) is 2.93. The number of hydrogen-bond acceptors (Lipinski definition) is 4. The van der Waals surface area contributed by atoms with E-state index in [1.807, 2.05) is 12.1 Å². The number of hydrogen-bond donors (Lipinski definition) is 1. The Balaban J connectivity index is 2.03. The number of nitrogens with one attached hydrogen (secondary N) is 1. The first-order valence-corrected chi connectivity index (χ1v) is 7.72. The molecule has 0 aliphatic carbocycles. The zero-order valence-corrected chi connectivity index (χ0v) is 14.7. The lowest BCUT2D eigenvalue weighted by atomic mass is 9.87. The molecular formula is C18H23N3O3. The van der Waals surface area contributed by atoms with Gasteiger partial charge in [0, 0.05) is 19.7 Å². The van der Waals surface area contributed by atoms with Gasteiger partial charge in [0.1, 0.15) is 5.69 Å². The zero-order chi connectivity index (χ0) is 17.9. The van der Waals surface area contributed by atoms with E-state index in [2.05, 4.69) is 48.1 Å². The van der Waals surface area contributed by atoms with Crippen LogP contribution in [0.25, 0.3) is 0 Å². The minimum Gasteiger partial charge on any atom is -0.464 e. The zero-order valence-electron chi connectivity index (χ0n) is 14.7. The highest BCUT2D eigenvalue weighted by Gasteiger charge is 2.18. The van der Waals surface area contributed by atoms with Crippen LogP contribution in [0.4, 0.5) is 0 Å². The smallest absolute Gasteiger partial charge is 0.358 e. The van der Waals surface area contributed by atoms with Crippen molar-refractivity contribution in [2.75, 3.05) is 7.11 Å². The molecule has 0 unspecified atom stereocenters. The topological polar surface area (TPSA) is 73.2 Å². The molecule has 1 amide bonds. The fraction of sp³-hybridized carbons (Fsp3) is 0.389. The summed E-state index contributed by atoms with van der Waals surface area (Å²) in [5.41, 5.74) is 2.76. The molecule has 6 heteroatoms. The summed E-state index contributed by atoms with van der Waals surface area (Å²) in [6, 6.07) is 9.57. The Hall–Kier alpha value is -2.63. The third kappa shape index (κ3) is 4.01. The molecule has 1 N–H and O–H groups in total. The summed E-state index contributed by atoms with van der Waals surface area (Å²) in [7, 11) is 2.89. The molecule has 0 saturated heterocycles. The molecule has 0 spiro atoms. The Morgan fingerprint density at radius 1 is 1.21 bits per heavy atom. The molecule has 0 bridgehead atoms. The van der Waals surface area contributed by atoms with Gasteiger partial charge in [0.05, 0.1) is 7.11 Å². The van der Waals surface area contributed by atoms with E-state index < -0.39 is 5.97 Å². The molecule has 0 radical (unpaired) electrons. The van der Waals surface area contributed by atoms with Crippen LogP contribution >= 0.6 is 0 Å². The summed E-state index contributed by atoms with van der Waals surface area (Å²) >= 11 is 0. The molecule has 2 aromatic rings. The molecule has 0 atom stereocenters. The second-order valence-electron chi connectivity index (χ2n) is 6.66. The van der Waals surface area contributed by atoms with Crippen LogP contribution < -0.4 is 5.32 Å². The predicted molar refractivity (Wildman–Crippen MR) is 90.9 cm³/mol. The third-order valence-electron chi connectivity index (χ3n) is 3.78. The van der Waals surface area contributed by atoms with Crippen molar-refractivity contribution in [3.05, 3.63) is 52.8 Å². The van der Waals surface area contributed by atoms with Gasteiger partial charge in [-0.3, -0.25) is 9.48 Å². The van der Waals surface area contributed by atoms with E-state index in [9.17, 15) is 9.59 Å². The van der Waals surface area contributed by atoms with Gasteiger partial charge in [-0.25, -0.2) is 4.79 Å². The molecule has 6 nitrogen and oxygen atoms in total. The number of aromatic nitrogens is 2. The highest BCUT2D eigenvalue weighted by molar-refractivity contribution is 5.96. The molecule has 0 saturated carbocycles. The van der Waals surface area contributed by atoms with Gasteiger partial charge in [0.25, 0.3) is 5.91 Å². The number of amides is 1. The van der Waals surface area contributed by atoms with Crippen molar-refractivity contribution < 1.29 is 14.3 Å². The fourth-order valence-corrected chi connectivity index (χ4v) is 2.28. The summed E-state index contributed by atoms with van der Waals surface area (Å²) in [5, 5.41) is 6.81. The number of ether oxygens (including phenoxy) is 1. The van der Waals surface area contributed by atoms with Gasteiger partial charge in [-0.15, -0.1) is 0 Å². The summed E-state index contributed by atoms with van der Waals surface area (Å²) in [5.74, 6) is -0.859. The number of methoxy groups -OCH3 is 1. The minimum absolute atomic E-state index is 0.0980. The Kier molecular flexibility index (Phi) is 5.07. The first-order valence-electron chi connectivity index (χ1n) is 7.72. The molecular weight excluding hydrogens is 306 g/mol. The van der Waals surface area contributed by atoms with E-state index in [4.69, 9.17) is 0 Å². The lowest BCUT2D eigenvalue weighted by molar-refractivity contribution is 0.0593. The lowest BCUT2D eigenvalue weighted by Crippen LogP contribution is -2.25. The van der Waals surface area contributed by atoms with E-state index in [0.717, 1.165) is 5.56 Å². The van der Waals surface area contributed by atoms with Crippen LogP contribution in [0.2, 0.25) is 0 Å². The quantitative estimate of drug-likeness (QED) is 0.875. The molecule has 1 aromatic carbocycles. The van der Waals surface area contributed by atoms with Crippen molar-refractivity contribution in [2.45, 2.75) is 32.7 Å². The van der Waals surface area contributed by atoms with Crippen molar-refractivity contribution in [2.24, 2.45) is 7.05 Å². The van der Waals surface area contributed by atoms with Crippen LogP contribution in [0.5, 0.6) is 0 Å². The highest BCUT2D eigenvalue weighted by Crippen LogP contribution is 2.22. The first-order chi connectivity index (χ1) is 11.2. The molecule has 128 valence electrons. The first kappa shape index (κ1) is 17.7. The van der Waals surface area contributed by atoms with Gasteiger partial charge >= 0.3 is 5.97 Å². The molecule has 0 aliphatic rings. The molecule has 0 aliphatic heterocycles. The second kappa shape index (κ2) is 6.86. The van der Waals surface area contributed by atoms with E-state index in [0.29, 0.717) is 12.2 Å². The third-order valence-corrected chi connectivity index (χ3v) is 3.78. The van der Waals surface area contributed by atoms with Crippen LogP contribution in [-0.4, -0.2) is 28.8 Å². The number of aryl methyl sites for hydroxylation is 1. The van der Waals surface area contributed by atoms with Crippen LogP contribution in [0.1, 0.15) is 52.9 Å². The average molecular weight is 329 g/mol. The number of esters is 1. The molecule has 0 fully saturated rings. The van der Waals surface area contributed by atoms with E-state index >= 15 is 0 Å². The van der Waals surface area contributed by atoms with E-state index in [1.165, 1.54) is 23.4 Å². The lowest BCUT2D eigenvalue weighted by Gasteiger charge is -2.19. The number of carbonyl (C=O) groups excluding carboxylic acids is 2. The van der Waals surface area contributed by atoms with Crippen LogP contribution in [0.15, 0.2) is 30.3 Å². The largest absolute Gasteiger partial charge is 0.464 e. The Bertz CT molecular complexity index is 740. The number of rotatable bonds is 4. The van der Waals surface area contributed by atoms with Gasteiger partial charge in [0.2, 0.25) is 0 Å². The molecule has 2 rings (SSSR count). The number of benzene rings is 1. The molecule has 1 aromatic heterocycles. The molecule has 24 heavy (non-hydrogen) atoms. The predicted octanol–water partition coefficient (Wildman–Crippen LogP) is 2.43. The maximum atomic E-state index is 12.3. The summed E-state index contributed by atoms with van der Waals surface area (Å²) in [6.45, 7) is 6.88. The van der Waals surface area contributed by atoms with E-state index in [1.54, 1.807) is 7.05 Å². The number of carbonyl (C=O) groups is 2. The van der Waals surface area contributed by atoms with Crippen molar-refractivity contribution in [3.8, 4) is 0 Å². The van der Waals surface area contributed by atoms with Crippen LogP contribution in [0, 0.1) is 0 Å². The van der Waals surface area contributed by atoms with Crippen molar-refractivity contribution in [1.29, 1.82) is 0 Å². The summed E-state index contributed by atoms with van der Waals surface area (Å²) in [4.78, 5) is 23.7. The maximum Gasteiger partial charge on any atom is 0.358 e. The van der Waals surface area contributed by atoms with E-state index in [-0.39, 0.29) is 17.0 Å². The fourth-order valence-electron chi connectivity index (χ4n) is 2.28. The second-order valence-corrected chi connectivity index (χ2v) is 6.66. The van der Waals surface area contributed by atoms with Gasteiger partial charge in [-0.05, 0) is 16.5 Å². The van der Waals surface area contributed by atoms with Gasteiger partial charge in [0.15, 0.2) is 5.69 Å².